The molecule has 18 heavy (non-hydrogen) atoms. The molecular weight excluding hydrogens is 236 g/mol. The summed E-state index contributed by atoms with van der Waals surface area (Å²) in [5.74, 6) is -0.0516. The van der Waals surface area contributed by atoms with E-state index in [0.717, 1.165) is 5.82 Å². The summed E-state index contributed by atoms with van der Waals surface area (Å²) in [6.07, 6.45) is 3.81. The molecule has 8 heteroatoms. The van der Waals surface area contributed by atoms with Crippen LogP contribution >= 0.6 is 0 Å². The van der Waals surface area contributed by atoms with Gasteiger partial charge in [-0.1, -0.05) is 0 Å². The number of hydrogen-bond acceptors (Lipinski definition) is 6. The normalized spacial score (nSPS) is 23.7. The van der Waals surface area contributed by atoms with Gasteiger partial charge >= 0.3 is 5.97 Å². The Morgan fingerprint density at radius 3 is 3.06 bits per heavy atom. The number of anilines is 1. The van der Waals surface area contributed by atoms with Crippen molar-refractivity contribution in [3.05, 3.63) is 12.4 Å². The smallest absolute Gasteiger partial charge is 0.311 e. The number of nitrogens with zero attached hydrogens (tertiary/aromatic N) is 6. The van der Waals surface area contributed by atoms with Crippen molar-refractivity contribution in [3.8, 4) is 0 Å². The zero-order chi connectivity index (χ0) is 12.8. The first kappa shape index (κ1) is 10.9. The van der Waals surface area contributed by atoms with Crippen LogP contribution in [0.2, 0.25) is 0 Å². The van der Waals surface area contributed by atoms with Crippen molar-refractivity contribution in [2.75, 3.05) is 18.0 Å². The van der Waals surface area contributed by atoms with E-state index in [2.05, 4.69) is 20.5 Å². The predicted molar refractivity (Wildman–Crippen MR) is 61.1 cm³/mol. The molecular formula is C10H12N6O2. The molecule has 3 rings (SSSR count). The van der Waals surface area contributed by atoms with Crippen LogP contribution in [0.15, 0.2) is 12.4 Å². The summed E-state index contributed by atoms with van der Waals surface area (Å²) in [7, 11) is 0. The number of hydrogen-bond donors (Lipinski definition) is 1. The van der Waals surface area contributed by atoms with Crippen LogP contribution in [0.3, 0.4) is 0 Å². The van der Waals surface area contributed by atoms with Gasteiger partial charge in [0.2, 0.25) is 0 Å². The summed E-state index contributed by atoms with van der Waals surface area (Å²) in [6, 6.07) is 0. The summed E-state index contributed by atoms with van der Waals surface area (Å²) in [5, 5.41) is 20.5. The Balaban J connectivity index is 1.98. The summed E-state index contributed by atoms with van der Waals surface area (Å²) in [6.45, 7) is 2.84. The lowest BCUT2D eigenvalue weighted by Gasteiger charge is -2.21. The fraction of sp³-hybridized carbons (Fsp3) is 0.500. The summed E-state index contributed by atoms with van der Waals surface area (Å²) in [5.41, 5.74) is -0.174. The van der Waals surface area contributed by atoms with Crippen molar-refractivity contribution >= 4 is 17.4 Å². The minimum atomic E-state index is -0.776. The Hall–Kier alpha value is -2.25. The van der Waals surface area contributed by atoms with Crippen molar-refractivity contribution in [2.45, 2.75) is 13.3 Å². The second kappa shape index (κ2) is 3.62. The molecule has 0 aromatic carbocycles. The Bertz CT molecular complexity index is 611. The molecule has 0 spiro atoms. The van der Waals surface area contributed by atoms with Gasteiger partial charge in [0, 0.05) is 13.1 Å². The van der Waals surface area contributed by atoms with E-state index in [4.69, 9.17) is 0 Å². The highest BCUT2D eigenvalue weighted by Gasteiger charge is 2.41. The molecule has 1 saturated heterocycles. The summed E-state index contributed by atoms with van der Waals surface area (Å²) < 4.78 is 1.57. The van der Waals surface area contributed by atoms with E-state index in [-0.39, 0.29) is 0 Å². The van der Waals surface area contributed by atoms with Gasteiger partial charge in [0.15, 0.2) is 11.5 Å². The third-order valence-corrected chi connectivity index (χ3v) is 3.40. The standard InChI is InChI=1S/C10H12N6O2/c1-10(9(17)18)2-3-15(6-10)8-5-11-4-7-12-13-14-16(7)8/h4-5H,2-3,6H2,1H3,(H,17,18). The summed E-state index contributed by atoms with van der Waals surface area (Å²) in [4.78, 5) is 17.2. The van der Waals surface area contributed by atoms with Gasteiger partial charge < -0.3 is 10.0 Å². The minimum Gasteiger partial charge on any atom is -0.481 e. The average Bonchev–Trinajstić information content (AvgIpc) is 2.95. The van der Waals surface area contributed by atoms with Gasteiger partial charge in [0.25, 0.3) is 0 Å². The van der Waals surface area contributed by atoms with Crippen LogP contribution in [-0.2, 0) is 4.79 Å². The second-order valence-corrected chi connectivity index (χ2v) is 4.75. The molecule has 0 saturated carbocycles. The van der Waals surface area contributed by atoms with E-state index in [1.807, 2.05) is 4.90 Å². The number of rotatable bonds is 2. The molecule has 1 N–H and O–H groups in total. The molecule has 94 valence electrons. The molecule has 1 fully saturated rings. The van der Waals surface area contributed by atoms with Crippen LogP contribution in [0.5, 0.6) is 0 Å². The highest BCUT2D eigenvalue weighted by molar-refractivity contribution is 5.76. The maximum Gasteiger partial charge on any atom is 0.311 e. The molecule has 1 aliphatic heterocycles. The zero-order valence-corrected chi connectivity index (χ0v) is 9.81. The lowest BCUT2D eigenvalue weighted by atomic mass is 9.90. The van der Waals surface area contributed by atoms with Gasteiger partial charge in [-0.25, -0.2) is 0 Å². The molecule has 1 unspecified atom stereocenters. The number of fused-ring (bicyclic) bond motifs is 1. The minimum absolute atomic E-state index is 0.434. The van der Waals surface area contributed by atoms with Crippen molar-refractivity contribution in [3.63, 3.8) is 0 Å². The third-order valence-electron chi connectivity index (χ3n) is 3.40. The van der Waals surface area contributed by atoms with E-state index in [1.54, 1.807) is 23.8 Å². The molecule has 0 radical (unpaired) electrons. The van der Waals surface area contributed by atoms with E-state index >= 15 is 0 Å². The maximum atomic E-state index is 11.2. The largest absolute Gasteiger partial charge is 0.481 e. The topological polar surface area (TPSA) is 96.5 Å². The SMILES string of the molecule is CC1(C(=O)O)CCN(c2cncc3nnnn23)C1. The van der Waals surface area contributed by atoms with Crippen LogP contribution in [0.25, 0.3) is 5.65 Å². The third kappa shape index (κ3) is 1.49. The predicted octanol–water partition coefficient (Wildman–Crippen LogP) is -0.180. The molecule has 0 aliphatic carbocycles. The Morgan fingerprint density at radius 1 is 1.50 bits per heavy atom. The first-order valence-electron chi connectivity index (χ1n) is 5.61. The van der Waals surface area contributed by atoms with Gasteiger partial charge in [-0.2, -0.15) is 4.52 Å². The van der Waals surface area contributed by atoms with E-state index in [0.29, 0.717) is 25.2 Å². The molecule has 2 aromatic heterocycles. The molecule has 1 atom stereocenters. The lowest BCUT2D eigenvalue weighted by molar-refractivity contribution is -0.146. The number of carboxylic acid groups (broad SMARTS) is 1. The fourth-order valence-corrected chi connectivity index (χ4v) is 2.21. The number of aromatic nitrogens is 5. The molecule has 3 heterocycles. The van der Waals surface area contributed by atoms with Gasteiger partial charge in [0.05, 0.1) is 17.8 Å². The van der Waals surface area contributed by atoms with Gasteiger partial charge in [-0.05, 0) is 23.8 Å². The van der Waals surface area contributed by atoms with Gasteiger partial charge in [-0.3, -0.25) is 9.78 Å². The van der Waals surface area contributed by atoms with Crippen molar-refractivity contribution in [1.29, 1.82) is 0 Å². The first-order chi connectivity index (χ1) is 8.60. The quantitative estimate of drug-likeness (QED) is 0.787. The molecule has 8 nitrogen and oxygen atoms in total. The molecule has 1 aliphatic rings. The fourth-order valence-electron chi connectivity index (χ4n) is 2.21. The Labute approximate surface area is 102 Å². The van der Waals surface area contributed by atoms with E-state index in [9.17, 15) is 9.90 Å². The van der Waals surface area contributed by atoms with Crippen molar-refractivity contribution in [2.24, 2.45) is 5.41 Å². The second-order valence-electron chi connectivity index (χ2n) is 4.75. The number of tetrazole rings is 1. The average molecular weight is 248 g/mol. The highest BCUT2D eigenvalue weighted by atomic mass is 16.4. The molecule has 0 bridgehead atoms. The van der Waals surface area contributed by atoms with Crippen molar-refractivity contribution < 1.29 is 9.90 Å². The van der Waals surface area contributed by atoms with Gasteiger partial charge in [-0.15, -0.1) is 5.10 Å². The van der Waals surface area contributed by atoms with E-state index < -0.39 is 11.4 Å². The Morgan fingerprint density at radius 2 is 2.33 bits per heavy atom. The van der Waals surface area contributed by atoms with E-state index in [1.165, 1.54) is 0 Å². The Kier molecular flexibility index (Phi) is 2.19. The monoisotopic (exact) mass is 248 g/mol. The number of carboxylic acids is 1. The summed E-state index contributed by atoms with van der Waals surface area (Å²) >= 11 is 0. The lowest BCUT2D eigenvalue weighted by Crippen LogP contribution is -2.32. The molecule has 2 aromatic rings. The van der Waals surface area contributed by atoms with Crippen LogP contribution < -0.4 is 4.90 Å². The highest BCUT2D eigenvalue weighted by Crippen LogP contribution is 2.32. The van der Waals surface area contributed by atoms with Gasteiger partial charge in [0.1, 0.15) is 0 Å². The van der Waals surface area contributed by atoms with Crippen LogP contribution in [0.4, 0.5) is 5.82 Å². The van der Waals surface area contributed by atoms with Crippen LogP contribution in [-0.4, -0.2) is 49.2 Å². The molecule has 0 amide bonds. The van der Waals surface area contributed by atoms with Crippen molar-refractivity contribution in [1.82, 2.24) is 25.0 Å². The number of carbonyl (C=O) groups is 1. The zero-order valence-electron chi connectivity index (χ0n) is 9.81. The first-order valence-corrected chi connectivity index (χ1v) is 5.61. The maximum absolute atomic E-state index is 11.2. The van der Waals surface area contributed by atoms with Crippen LogP contribution in [0.1, 0.15) is 13.3 Å². The number of aliphatic carboxylic acids is 1. The van der Waals surface area contributed by atoms with Crippen LogP contribution in [0, 0.1) is 5.41 Å².